The lowest BCUT2D eigenvalue weighted by molar-refractivity contribution is 0.102. The molecule has 0 fully saturated rings. The molecule has 2 heterocycles. The third kappa shape index (κ3) is 4.70. The van der Waals surface area contributed by atoms with Gasteiger partial charge in [-0.05, 0) is 43.3 Å². The van der Waals surface area contributed by atoms with Crippen LogP contribution < -0.4 is 10.6 Å². The number of hydrogen-bond acceptors (Lipinski definition) is 6. The molecule has 5 aromatic rings. The SMILES string of the molecule is Cc1nc(Nc2cccc(C(=O)Nc3nc4ccc(F)cc4s3)c2)cc(-c2ccccc2)n1. The molecular formula is C25H18FN5OS. The van der Waals surface area contributed by atoms with Gasteiger partial charge in [0.2, 0.25) is 0 Å². The highest BCUT2D eigenvalue weighted by atomic mass is 32.1. The van der Waals surface area contributed by atoms with E-state index in [-0.39, 0.29) is 11.7 Å². The highest BCUT2D eigenvalue weighted by Gasteiger charge is 2.12. The number of halogens is 1. The average Bonchev–Trinajstić information content (AvgIpc) is 3.20. The first-order valence-corrected chi connectivity index (χ1v) is 11.0. The first kappa shape index (κ1) is 20.7. The minimum Gasteiger partial charge on any atom is -0.340 e. The van der Waals surface area contributed by atoms with Gasteiger partial charge in [-0.2, -0.15) is 0 Å². The van der Waals surface area contributed by atoms with Crippen LogP contribution in [0.5, 0.6) is 0 Å². The van der Waals surface area contributed by atoms with Crippen molar-refractivity contribution in [2.45, 2.75) is 6.92 Å². The van der Waals surface area contributed by atoms with Crippen LogP contribution in [0.15, 0.2) is 78.9 Å². The molecule has 33 heavy (non-hydrogen) atoms. The molecule has 1 amide bonds. The van der Waals surface area contributed by atoms with Crippen LogP contribution in [0, 0.1) is 12.7 Å². The molecule has 0 bridgehead atoms. The second kappa shape index (κ2) is 8.76. The first-order chi connectivity index (χ1) is 16.0. The van der Waals surface area contributed by atoms with Crippen molar-refractivity contribution in [1.29, 1.82) is 0 Å². The van der Waals surface area contributed by atoms with Gasteiger partial charge in [-0.25, -0.2) is 19.3 Å². The summed E-state index contributed by atoms with van der Waals surface area (Å²) in [6.45, 7) is 1.84. The zero-order valence-electron chi connectivity index (χ0n) is 17.5. The third-order valence-electron chi connectivity index (χ3n) is 4.88. The lowest BCUT2D eigenvalue weighted by Gasteiger charge is -2.10. The maximum atomic E-state index is 13.4. The number of carbonyl (C=O) groups excluding carboxylic acids is 1. The molecule has 6 nitrogen and oxygen atoms in total. The predicted molar refractivity (Wildman–Crippen MR) is 129 cm³/mol. The van der Waals surface area contributed by atoms with Gasteiger partial charge < -0.3 is 5.32 Å². The summed E-state index contributed by atoms with van der Waals surface area (Å²) in [6.07, 6.45) is 0. The number of nitrogens with zero attached hydrogens (tertiary/aromatic N) is 3. The summed E-state index contributed by atoms with van der Waals surface area (Å²) >= 11 is 1.23. The summed E-state index contributed by atoms with van der Waals surface area (Å²) in [5.41, 5.74) is 3.62. The van der Waals surface area contributed by atoms with E-state index in [0.29, 0.717) is 38.2 Å². The number of fused-ring (bicyclic) bond motifs is 1. The Kier molecular flexibility index (Phi) is 5.50. The highest BCUT2D eigenvalue weighted by Crippen LogP contribution is 2.27. The van der Waals surface area contributed by atoms with E-state index in [1.54, 1.807) is 24.3 Å². The molecule has 0 atom stereocenters. The maximum absolute atomic E-state index is 13.4. The lowest BCUT2D eigenvalue weighted by atomic mass is 10.1. The molecule has 0 radical (unpaired) electrons. The number of rotatable bonds is 5. The van der Waals surface area contributed by atoms with E-state index in [1.807, 2.05) is 49.4 Å². The Balaban J connectivity index is 1.36. The molecule has 0 aliphatic rings. The Bertz CT molecular complexity index is 1470. The fourth-order valence-corrected chi connectivity index (χ4v) is 4.28. The molecule has 0 spiro atoms. The number of anilines is 3. The first-order valence-electron chi connectivity index (χ1n) is 10.2. The fourth-order valence-electron chi connectivity index (χ4n) is 3.40. The van der Waals surface area contributed by atoms with Gasteiger partial charge >= 0.3 is 0 Å². The quantitative estimate of drug-likeness (QED) is 0.330. The van der Waals surface area contributed by atoms with Crippen molar-refractivity contribution < 1.29 is 9.18 Å². The van der Waals surface area contributed by atoms with E-state index in [0.717, 1.165) is 11.3 Å². The van der Waals surface area contributed by atoms with Gasteiger partial charge in [0.15, 0.2) is 5.13 Å². The topological polar surface area (TPSA) is 79.8 Å². The second-order valence-electron chi connectivity index (χ2n) is 7.34. The van der Waals surface area contributed by atoms with Crippen LogP contribution in [0.1, 0.15) is 16.2 Å². The van der Waals surface area contributed by atoms with Gasteiger partial charge in [-0.15, -0.1) is 0 Å². The standard InChI is InChI=1S/C25H18FN5OS/c1-15-27-21(16-6-3-2-4-7-16)14-23(28-15)29-19-9-5-8-17(12-19)24(32)31-25-30-20-11-10-18(26)13-22(20)33-25/h2-14H,1H3,(H,27,28,29)(H,30,31,32). The lowest BCUT2D eigenvalue weighted by Crippen LogP contribution is -2.11. The van der Waals surface area contributed by atoms with Crippen molar-refractivity contribution >= 4 is 44.1 Å². The summed E-state index contributed by atoms with van der Waals surface area (Å²) in [4.78, 5) is 26.1. The molecule has 0 saturated carbocycles. The molecule has 162 valence electrons. The fraction of sp³-hybridized carbons (Fsp3) is 0.0400. The number of aromatic nitrogens is 3. The summed E-state index contributed by atoms with van der Waals surface area (Å²) in [5, 5.41) is 6.46. The zero-order chi connectivity index (χ0) is 22.8. The van der Waals surface area contributed by atoms with Crippen LogP contribution in [0.2, 0.25) is 0 Å². The molecule has 0 saturated heterocycles. The van der Waals surface area contributed by atoms with Crippen molar-refractivity contribution in [1.82, 2.24) is 15.0 Å². The van der Waals surface area contributed by atoms with Gasteiger partial charge in [0.05, 0.1) is 15.9 Å². The van der Waals surface area contributed by atoms with Crippen LogP contribution in [-0.4, -0.2) is 20.9 Å². The number of amides is 1. The Morgan fingerprint density at radius 1 is 0.909 bits per heavy atom. The Labute approximate surface area is 193 Å². The van der Waals surface area contributed by atoms with E-state index in [4.69, 9.17) is 0 Å². The normalized spacial score (nSPS) is 10.8. The van der Waals surface area contributed by atoms with E-state index >= 15 is 0 Å². The van der Waals surface area contributed by atoms with Gasteiger partial charge in [-0.3, -0.25) is 10.1 Å². The molecule has 0 unspecified atom stereocenters. The second-order valence-corrected chi connectivity index (χ2v) is 8.37. The van der Waals surface area contributed by atoms with Gasteiger partial charge in [0, 0.05) is 22.9 Å². The van der Waals surface area contributed by atoms with Gasteiger partial charge in [0.25, 0.3) is 5.91 Å². The largest absolute Gasteiger partial charge is 0.340 e. The Morgan fingerprint density at radius 2 is 1.76 bits per heavy atom. The van der Waals surface area contributed by atoms with Crippen molar-refractivity contribution in [2.24, 2.45) is 0 Å². The summed E-state index contributed by atoms with van der Waals surface area (Å²) in [7, 11) is 0. The Morgan fingerprint density at radius 3 is 2.61 bits per heavy atom. The number of benzene rings is 3. The van der Waals surface area contributed by atoms with Crippen LogP contribution >= 0.6 is 11.3 Å². The Hall–Kier alpha value is -4.17. The molecule has 0 aliphatic heterocycles. The monoisotopic (exact) mass is 455 g/mol. The molecule has 5 rings (SSSR count). The van der Waals surface area contributed by atoms with Crippen molar-refractivity contribution in [2.75, 3.05) is 10.6 Å². The molecule has 8 heteroatoms. The van der Waals surface area contributed by atoms with Crippen LogP contribution in [0.25, 0.3) is 21.5 Å². The number of carbonyl (C=O) groups is 1. The molecule has 2 aromatic heterocycles. The van der Waals surface area contributed by atoms with Crippen LogP contribution in [-0.2, 0) is 0 Å². The van der Waals surface area contributed by atoms with E-state index in [9.17, 15) is 9.18 Å². The zero-order valence-corrected chi connectivity index (χ0v) is 18.4. The summed E-state index contributed by atoms with van der Waals surface area (Å²) in [5.74, 6) is 0.632. The van der Waals surface area contributed by atoms with Crippen molar-refractivity contribution in [3.63, 3.8) is 0 Å². The van der Waals surface area contributed by atoms with Crippen molar-refractivity contribution in [3.05, 3.63) is 96.1 Å². The molecule has 3 aromatic carbocycles. The molecule has 2 N–H and O–H groups in total. The minimum atomic E-state index is -0.335. The van der Waals surface area contributed by atoms with E-state index in [2.05, 4.69) is 25.6 Å². The molecule has 0 aliphatic carbocycles. The number of hydrogen-bond donors (Lipinski definition) is 2. The van der Waals surface area contributed by atoms with Crippen LogP contribution in [0.4, 0.5) is 21.0 Å². The summed E-state index contributed by atoms with van der Waals surface area (Å²) < 4.78 is 14.1. The van der Waals surface area contributed by atoms with Gasteiger partial charge in [-0.1, -0.05) is 47.7 Å². The van der Waals surface area contributed by atoms with Crippen molar-refractivity contribution in [3.8, 4) is 11.3 Å². The minimum absolute atomic E-state index is 0.304. The number of aryl methyl sites for hydroxylation is 1. The maximum Gasteiger partial charge on any atom is 0.257 e. The summed E-state index contributed by atoms with van der Waals surface area (Å²) in [6, 6.07) is 23.2. The van der Waals surface area contributed by atoms with E-state index < -0.39 is 0 Å². The highest BCUT2D eigenvalue weighted by molar-refractivity contribution is 7.22. The number of nitrogens with one attached hydrogen (secondary N) is 2. The smallest absolute Gasteiger partial charge is 0.257 e. The molecular weight excluding hydrogens is 437 g/mol. The average molecular weight is 456 g/mol. The third-order valence-corrected chi connectivity index (χ3v) is 5.81. The number of thiazole rings is 1. The van der Waals surface area contributed by atoms with E-state index in [1.165, 1.54) is 23.5 Å². The predicted octanol–water partition coefficient (Wildman–Crippen LogP) is 6.20. The van der Waals surface area contributed by atoms with Gasteiger partial charge in [0.1, 0.15) is 17.5 Å². The van der Waals surface area contributed by atoms with Crippen LogP contribution in [0.3, 0.4) is 0 Å².